The number of ether oxygens (including phenoxy) is 1. The fraction of sp³-hybridized carbons (Fsp3) is 1.00. The molecule has 0 radical (unpaired) electrons. The van der Waals surface area contributed by atoms with Crippen molar-refractivity contribution in [1.29, 1.82) is 0 Å². The van der Waals surface area contributed by atoms with Crippen molar-refractivity contribution in [2.24, 2.45) is 0 Å². The van der Waals surface area contributed by atoms with Crippen molar-refractivity contribution in [3.63, 3.8) is 0 Å². The normalized spacial score (nSPS) is 21.6. The maximum atomic E-state index is 5.87. The number of unbranched alkanes of at least 4 members (excludes halogenated alkanes) is 7. The Bertz CT molecular complexity index is 233. The highest BCUT2D eigenvalue weighted by molar-refractivity contribution is 4.77. The molecule has 1 aliphatic heterocycles. The molecule has 20 heavy (non-hydrogen) atoms. The van der Waals surface area contributed by atoms with Gasteiger partial charge in [-0.25, -0.2) is 0 Å². The highest BCUT2D eigenvalue weighted by atomic mass is 35.5. The van der Waals surface area contributed by atoms with Gasteiger partial charge in [0.05, 0.1) is 20.6 Å². The molecule has 0 saturated carbocycles. The summed E-state index contributed by atoms with van der Waals surface area (Å²) in [4.78, 5) is 0. The molecule has 0 N–H and O–H groups in total. The molecule has 1 saturated heterocycles. The lowest BCUT2D eigenvalue weighted by Gasteiger charge is -2.27. The largest absolute Gasteiger partial charge is 1.00 e. The van der Waals surface area contributed by atoms with E-state index in [1.54, 1.807) is 0 Å². The second kappa shape index (κ2) is 10.9. The summed E-state index contributed by atoms with van der Waals surface area (Å²) in [5, 5.41) is 0. The predicted octanol–water partition coefficient (Wildman–Crippen LogP) is 1.73. The number of hydrogen-bond donors (Lipinski definition) is 0. The van der Waals surface area contributed by atoms with Gasteiger partial charge in [-0.15, -0.1) is 0 Å². The molecule has 0 aromatic carbocycles. The molecule has 0 spiro atoms. The number of nitrogens with zero attached hydrogens (tertiary/aromatic N) is 1. The average molecular weight is 306 g/mol. The summed E-state index contributed by atoms with van der Waals surface area (Å²) < 4.78 is 6.92. The Kier molecular flexibility index (Phi) is 11.0. The SMILES string of the molecule is CCCCCCCCCCC1OC1[N+](C)(C)CCC.[Cl-]. The lowest BCUT2D eigenvalue weighted by molar-refractivity contribution is -0.911. The maximum Gasteiger partial charge on any atom is 0.220 e. The summed E-state index contributed by atoms with van der Waals surface area (Å²) in [6.07, 6.45) is 14.9. The number of epoxide rings is 1. The van der Waals surface area contributed by atoms with Crippen LogP contribution in [0.3, 0.4) is 0 Å². The minimum atomic E-state index is 0. The molecule has 1 fully saturated rings. The molecule has 3 heteroatoms. The molecule has 0 aromatic heterocycles. The van der Waals surface area contributed by atoms with E-state index in [9.17, 15) is 0 Å². The minimum Gasteiger partial charge on any atom is -1.00 e. The van der Waals surface area contributed by atoms with Crippen LogP contribution in [0.5, 0.6) is 0 Å². The van der Waals surface area contributed by atoms with Crippen LogP contribution in [0.2, 0.25) is 0 Å². The van der Waals surface area contributed by atoms with Crippen LogP contribution >= 0.6 is 0 Å². The van der Waals surface area contributed by atoms with Crippen LogP contribution < -0.4 is 12.4 Å². The summed E-state index contributed by atoms with van der Waals surface area (Å²) in [6.45, 7) is 5.78. The third kappa shape index (κ3) is 7.85. The molecule has 1 heterocycles. The molecule has 0 bridgehead atoms. The maximum absolute atomic E-state index is 5.87. The lowest BCUT2D eigenvalue weighted by Crippen LogP contribution is -3.00. The number of rotatable bonds is 12. The van der Waals surface area contributed by atoms with Gasteiger partial charge in [0.1, 0.15) is 6.10 Å². The van der Waals surface area contributed by atoms with Gasteiger partial charge in [-0.3, -0.25) is 0 Å². The fourth-order valence-electron chi connectivity index (χ4n) is 3.14. The van der Waals surface area contributed by atoms with Crippen LogP contribution in [0, 0.1) is 0 Å². The third-order valence-electron chi connectivity index (χ3n) is 4.39. The summed E-state index contributed by atoms with van der Waals surface area (Å²) >= 11 is 0. The van der Waals surface area contributed by atoms with Gasteiger partial charge in [0.2, 0.25) is 6.23 Å². The topological polar surface area (TPSA) is 12.5 Å². The first-order chi connectivity index (χ1) is 9.11. The van der Waals surface area contributed by atoms with Crippen molar-refractivity contribution >= 4 is 0 Å². The zero-order valence-corrected chi connectivity index (χ0v) is 14.9. The van der Waals surface area contributed by atoms with Crippen molar-refractivity contribution in [2.75, 3.05) is 20.6 Å². The van der Waals surface area contributed by atoms with E-state index in [4.69, 9.17) is 4.74 Å². The predicted molar refractivity (Wildman–Crippen MR) is 83.2 cm³/mol. The van der Waals surface area contributed by atoms with E-state index in [1.807, 2.05) is 0 Å². The van der Waals surface area contributed by atoms with Crippen LogP contribution in [-0.4, -0.2) is 37.5 Å². The second-order valence-electron chi connectivity index (χ2n) is 6.83. The van der Waals surface area contributed by atoms with Crippen molar-refractivity contribution < 1.29 is 21.6 Å². The van der Waals surface area contributed by atoms with E-state index in [2.05, 4.69) is 27.9 Å². The zero-order valence-electron chi connectivity index (χ0n) is 14.2. The Morgan fingerprint density at radius 3 is 1.90 bits per heavy atom. The first-order valence-corrected chi connectivity index (χ1v) is 8.60. The Morgan fingerprint density at radius 1 is 0.800 bits per heavy atom. The van der Waals surface area contributed by atoms with Gasteiger partial charge < -0.3 is 21.6 Å². The molecule has 0 amide bonds. The summed E-state index contributed by atoms with van der Waals surface area (Å²) in [5.41, 5.74) is 0. The molecular weight excluding hydrogens is 270 g/mol. The lowest BCUT2D eigenvalue weighted by atomic mass is 10.1. The van der Waals surface area contributed by atoms with E-state index in [0.717, 1.165) is 4.48 Å². The summed E-state index contributed by atoms with van der Waals surface area (Å²) in [7, 11) is 4.61. The van der Waals surface area contributed by atoms with Crippen LogP contribution in [0.4, 0.5) is 0 Å². The Balaban J connectivity index is 0.00000361. The Morgan fingerprint density at radius 2 is 1.35 bits per heavy atom. The van der Waals surface area contributed by atoms with Crippen molar-refractivity contribution in [1.82, 2.24) is 0 Å². The van der Waals surface area contributed by atoms with Crippen LogP contribution in [0.15, 0.2) is 0 Å². The average Bonchev–Trinajstić information content (AvgIpc) is 3.13. The van der Waals surface area contributed by atoms with Gasteiger partial charge in [0.25, 0.3) is 0 Å². The van der Waals surface area contributed by atoms with Crippen molar-refractivity contribution in [3.05, 3.63) is 0 Å². The number of hydrogen-bond acceptors (Lipinski definition) is 1. The van der Waals surface area contributed by atoms with Crippen LogP contribution in [0.25, 0.3) is 0 Å². The number of halogens is 1. The van der Waals surface area contributed by atoms with Crippen molar-refractivity contribution in [2.45, 2.75) is 90.4 Å². The second-order valence-corrected chi connectivity index (χ2v) is 6.83. The fourth-order valence-corrected chi connectivity index (χ4v) is 3.14. The summed E-state index contributed by atoms with van der Waals surface area (Å²) in [6, 6.07) is 0. The standard InChI is InChI=1S/C17H36NO.ClH/c1-5-7-8-9-10-11-12-13-14-16-17(19-16)18(3,4)15-6-2;/h16-17H,5-15H2,1-4H3;1H/q+1;/p-1. The van der Waals surface area contributed by atoms with Gasteiger partial charge in [-0.2, -0.15) is 0 Å². The molecule has 122 valence electrons. The van der Waals surface area contributed by atoms with E-state index in [-0.39, 0.29) is 12.4 Å². The molecule has 1 rings (SSSR count). The molecule has 2 unspecified atom stereocenters. The highest BCUT2D eigenvalue weighted by Gasteiger charge is 2.50. The zero-order chi connectivity index (χ0) is 14.1. The van der Waals surface area contributed by atoms with E-state index in [1.165, 1.54) is 70.8 Å². The molecule has 2 atom stereocenters. The van der Waals surface area contributed by atoms with Crippen LogP contribution in [0.1, 0.15) is 78.1 Å². The Hall–Kier alpha value is 0.210. The van der Waals surface area contributed by atoms with Gasteiger partial charge in [0, 0.05) is 0 Å². The highest BCUT2D eigenvalue weighted by Crippen LogP contribution is 2.33. The molecule has 0 aliphatic carbocycles. The molecule has 0 aromatic rings. The van der Waals surface area contributed by atoms with E-state index >= 15 is 0 Å². The van der Waals surface area contributed by atoms with Gasteiger partial charge in [-0.1, -0.05) is 65.2 Å². The number of likely N-dealkylation sites (N-methyl/N-ethyl adjacent to an activating group) is 1. The van der Waals surface area contributed by atoms with E-state index < -0.39 is 0 Å². The Labute approximate surface area is 133 Å². The first-order valence-electron chi connectivity index (χ1n) is 8.60. The first kappa shape index (κ1) is 20.2. The third-order valence-corrected chi connectivity index (χ3v) is 4.39. The van der Waals surface area contributed by atoms with Gasteiger partial charge in [0.15, 0.2) is 0 Å². The monoisotopic (exact) mass is 305 g/mol. The minimum absolute atomic E-state index is 0. The molecule has 2 nitrogen and oxygen atoms in total. The number of quaternary nitrogens is 1. The van der Waals surface area contributed by atoms with Gasteiger partial charge >= 0.3 is 0 Å². The summed E-state index contributed by atoms with van der Waals surface area (Å²) in [5.74, 6) is 0. The van der Waals surface area contributed by atoms with Gasteiger partial charge in [-0.05, 0) is 12.8 Å². The van der Waals surface area contributed by atoms with Crippen LogP contribution in [-0.2, 0) is 4.74 Å². The quantitative estimate of drug-likeness (QED) is 0.304. The smallest absolute Gasteiger partial charge is 0.220 e. The molecular formula is C17H36ClNO. The van der Waals surface area contributed by atoms with Crippen molar-refractivity contribution in [3.8, 4) is 0 Å². The molecule has 1 aliphatic rings. The van der Waals surface area contributed by atoms with E-state index in [0.29, 0.717) is 12.3 Å².